The lowest BCUT2D eigenvalue weighted by Crippen LogP contribution is -2.38. The predicted octanol–water partition coefficient (Wildman–Crippen LogP) is 0.783. The summed E-state index contributed by atoms with van der Waals surface area (Å²) in [6.07, 6.45) is 4.07. The van der Waals surface area contributed by atoms with Crippen LogP contribution < -0.4 is 0 Å². The second-order valence-electron chi connectivity index (χ2n) is 5.39. The summed E-state index contributed by atoms with van der Waals surface area (Å²) >= 11 is 0. The fraction of sp³-hybridized carbons (Fsp3) is 1.00. The van der Waals surface area contributed by atoms with Gasteiger partial charge in [0.1, 0.15) is 0 Å². The highest BCUT2D eigenvalue weighted by Crippen LogP contribution is 2.28. The summed E-state index contributed by atoms with van der Waals surface area (Å²) in [6.45, 7) is 5.94. The van der Waals surface area contributed by atoms with Crippen molar-refractivity contribution in [1.29, 1.82) is 0 Å². The van der Waals surface area contributed by atoms with Crippen molar-refractivity contribution in [3.63, 3.8) is 0 Å². The van der Waals surface area contributed by atoms with Crippen molar-refractivity contribution in [3.05, 3.63) is 0 Å². The molecular weight excluding hydrogens is 188 g/mol. The number of aliphatic hydroxyl groups is 1. The molecule has 0 saturated carbocycles. The van der Waals surface area contributed by atoms with Crippen LogP contribution in [0.2, 0.25) is 0 Å². The SMILES string of the molecule is CC(CO)CN1CCC2CCC(C1)N2C. The highest BCUT2D eigenvalue weighted by molar-refractivity contribution is 4.91. The van der Waals surface area contributed by atoms with E-state index >= 15 is 0 Å². The van der Waals surface area contributed by atoms with Gasteiger partial charge in [-0.2, -0.15) is 0 Å². The summed E-state index contributed by atoms with van der Waals surface area (Å²) in [7, 11) is 2.28. The monoisotopic (exact) mass is 212 g/mol. The lowest BCUT2D eigenvalue weighted by molar-refractivity contribution is 0.161. The van der Waals surface area contributed by atoms with E-state index in [-0.39, 0.29) is 0 Å². The van der Waals surface area contributed by atoms with E-state index in [0.717, 1.165) is 18.6 Å². The average molecular weight is 212 g/mol. The molecule has 0 aromatic heterocycles. The van der Waals surface area contributed by atoms with E-state index in [0.29, 0.717) is 12.5 Å². The van der Waals surface area contributed by atoms with Gasteiger partial charge in [0.25, 0.3) is 0 Å². The van der Waals surface area contributed by atoms with Gasteiger partial charge in [-0.1, -0.05) is 6.92 Å². The van der Waals surface area contributed by atoms with Crippen LogP contribution in [0.5, 0.6) is 0 Å². The molecule has 2 aliphatic heterocycles. The number of fused-ring (bicyclic) bond motifs is 2. The Bertz CT molecular complexity index is 210. The normalized spacial score (nSPS) is 35.4. The number of likely N-dealkylation sites (tertiary alicyclic amines) is 1. The Hall–Kier alpha value is -0.120. The summed E-state index contributed by atoms with van der Waals surface area (Å²) in [4.78, 5) is 5.12. The Morgan fingerprint density at radius 2 is 2.00 bits per heavy atom. The third-order valence-corrected chi connectivity index (χ3v) is 4.11. The van der Waals surface area contributed by atoms with E-state index in [9.17, 15) is 0 Å². The van der Waals surface area contributed by atoms with E-state index in [1.165, 1.54) is 32.4 Å². The van der Waals surface area contributed by atoms with Gasteiger partial charge in [0.2, 0.25) is 0 Å². The molecule has 3 unspecified atom stereocenters. The first-order valence-electron chi connectivity index (χ1n) is 6.26. The van der Waals surface area contributed by atoms with Crippen LogP contribution in [0.4, 0.5) is 0 Å². The smallest absolute Gasteiger partial charge is 0.0468 e. The van der Waals surface area contributed by atoms with Crippen molar-refractivity contribution in [2.45, 2.75) is 38.3 Å². The Balaban J connectivity index is 1.89. The van der Waals surface area contributed by atoms with Gasteiger partial charge in [-0.25, -0.2) is 0 Å². The third-order valence-electron chi connectivity index (χ3n) is 4.11. The maximum Gasteiger partial charge on any atom is 0.0468 e. The van der Waals surface area contributed by atoms with Gasteiger partial charge >= 0.3 is 0 Å². The van der Waals surface area contributed by atoms with Crippen LogP contribution in [0.25, 0.3) is 0 Å². The van der Waals surface area contributed by atoms with Crippen molar-refractivity contribution in [1.82, 2.24) is 9.80 Å². The number of nitrogens with zero attached hydrogens (tertiary/aromatic N) is 2. The molecule has 2 aliphatic rings. The topological polar surface area (TPSA) is 26.7 Å². The summed E-state index contributed by atoms with van der Waals surface area (Å²) in [6, 6.07) is 1.59. The molecule has 2 saturated heterocycles. The van der Waals surface area contributed by atoms with Crippen LogP contribution in [0.15, 0.2) is 0 Å². The molecule has 3 heteroatoms. The molecule has 2 rings (SSSR count). The van der Waals surface area contributed by atoms with Crippen molar-refractivity contribution in [2.75, 3.05) is 33.3 Å². The molecule has 0 aliphatic carbocycles. The van der Waals surface area contributed by atoms with Crippen LogP contribution in [-0.2, 0) is 0 Å². The Morgan fingerprint density at radius 1 is 1.27 bits per heavy atom. The molecule has 15 heavy (non-hydrogen) atoms. The quantitative estimate of drug-likeness (QED) is 0.749. The molecule has 88 valence electrons. The van der Waals surface area contributed by atoms with Gasteiger partial charge in [0.15, 0.2) is 0 Å². The number of rotatable bonds is 3. The fourth-order valence-electron chi connectivity index (χ4n) is 3.04. The average Bonchev–Trinajstić information content (AvgIpc) is 2.46. The summed E-state index contributed by atoms with van der Waals surface area (Å²) in [5.41, 5.74) is 0. The van der Waals surface area contributed by atoms with Crippen molar-refractivity contribution < 1.29 is 5.11 Å². The van der Waals surface area contributed by atoms with Gasteiger partial charge in [-0.3, -0.25) is 4.90 Å². The standard InChI is InChI=1S/C12H24N2O/c1-10(9-15)7-14-6-5-11-3-4-12(8-14)13(11)2/h10-12,15H,3-9H2,1-2H3. The van der Waals surface area contributed by atoms with Gasteiger partial charge in [0.05, 0.1) is 0 Å². The van der Waals surface area contributed by atoms with E-state index in [1.807, 2.05) is 0 Å². The first-order chi connectivity index (χ1) is 7.20. The minimum absolute atomic E-state index is 0.320. The van der Waals surface area contributed by atoms with Crippen LogP contribution in [0.3, 0.4) is 0 Å². The summed E-state index contributed by atoms with van der Waals surface area (Å²) in [5, 5.41) is 9.08. The summed E-state index contributed by atoms with van der Waals surface area (Å²) < 4.78 is 0. The molecule has 0 amide bonds. The zero-order chi connectivity index (χ0) is 10.8. The van der Waals surface area contributed by atoms with E-state index in [2.05, 4.69) is 23.8 Å². The molecule has 0 radical (unpaired) electrons. The fourth-order valence-corrected chi connectivity index (χ4v) is 3.04. The maximum absolute atomic E-state index is 9.08. The second-order valence-corrected chi connectivity index (χ2v) is 5.39. The predicted molar refractivity (Wildman–Crippen MR) is 61.9 cm³/mol. The van der Waals surface area contributed by atoms with Crippen molar-refractivity contribution in [3.8, 4) is 0 Å². The molecule has 0 aromatic rings. The minimum Gasteiger partial charge on any atom is -0.396 e. The lowest BCUT2D eigenvalue weighted by atomic mass is 10.1. The zero-order valence-electron chi connectivity index (χ0n) is 10.0. The van der Waals surface area contributed by atoms with Gasteiger partial charge in [-0.05, 0) is 38.8 Å². The number of likely N-dealkylation sites (N-methyl/N-ethyl adjacent to an activating group) is 1. The van der Waals surface area contributed by atoms with Gasteiger partial charge < -0.3 is 10.0 Å². The number of hydrogen-bond donors (Lipinski definition) is 1. The molecule has 0 aromatic carbocycles. The first-order valence-corrected chi connectivity index (χ1v) is 6.26. The number of hydrogen-bond acceptors (Lipinski definition) is 3. The molecule has 2 fully saturated rings. The van der Waals surface area contributed by atoms with Crippen LogP contribution in [0, 0.1) is 5.92 Å². The van der Waals surface area contributed by atoms with Crippen LogP contribution in [-0.4, -0.2) is 60.3 Å². The van der Waals surface area contributed by atoms with Crippen LogP contribution in [0.1, 0.15) is 26.2 Å². The zero-order valence-corrected chi connectivity index (χ0v) is 10.0. The molecule has 3 atom stereocenters. The molecule has 2 bridgehead atoms. The molecule has 2 heterocycles. The lowest BCUT2D eigenvalue weighted by Gasteiger charge is -2.27. The molecule has 1 N–H and O–H groups in total. The van der Waals surface area contributed by atoms with E-state index < -0.39 is 0 Å². The van der Waals surface area contributed by atoms with Gasteiger partial charge in [0, 0.05) is 31.8 Å². The van der Waals surface area contributed by atoms with Gasteiger partial charge in [-0.15, -0.1) is 0 Å². The van der Waals surface area contributed by atoms with Crippen molar-refractivity contribution >= 4 is 0 Å². The van der Waals surface area contributed by atoms with E-state index in [1.54, 1.807) is 0 Å². The van der Waals surface area contributed by atoms with Crippen molar-refractivity contribution in [2.24, 2.45) is 5.92 Å². The van der Waals surface area contributed by atoms with Crippen LogP contribution >= 0.6 is 0 Å². The summed E-state index contributed by atoms with van der Waals surface area (Å²) in [5.74, 6) is 0.423. The minimum atomic E-state index is 0.320. The first kappa shape index (κ1) is 11.4. The Morgan fingerprint density at radius 3 is 2.73 bits per heavy atom. The highest BCUT2D eigenvalue weighted by atomic mass is 16.3. The second kappa shape index (κ2) is 4.81. The number of aliphatic hydroxyl groups excluding tert-OH is 1. The largest absolute Gasteiger partial charge is 0.396 e. The highest BCUT2D eigenvalue weighted by Gasteiger charge is 2.34. The Kier molecular flexibility index (Phi) is 3.65. The molecule has 3 nitrogen and oxygen atoms in total. The maximum atomic E-state index is 9.08. The Labute approximate surface area is 93.1 Å². The molecule has 0 spiro atoms. The van der Waals surface area contributed by atoms with E-state index in [4.69, 9.17) is 5.11 Å². The third kappa shape index (κ3) is 2.52. The molecular formula is C12H24N2O.